The fourth-order valence-corrected chi connectivity index (χ4v) is 3.67. The number of aromatic nitrogens is 6. The molecule has 2 fully saturated rings. The summed E-state index contributed by atoms with van der Waals surface area (Å²) in [5, 5.41) is 17.4. The van der Waals surface area contributed by atoms with Crippen LogP contribution in [0.5, 0.6) is 0 Å². The molecule has 140 valence electrons. The highest BCUT2D eigenvalue weighted by Crippen LogP contribution is 2.35. The molecule has 1 amide bonds. The van der Waals surface area contributed by atoms with Gasteiger partial charge in [0.25, 0.3) is 5.91 Å². The maximum atomic E-state index is 12.6. The maximum Gasteiger partial charge on any atom is 0.257 e. The Hall–Kier alpha value is -2.97. The molecule has 3 aromatic rings. The van der Waals surface area contributed by atoms with Gasteiger partial charge in [0.15, 0.2) is 11.5 Å². The van der Waals surface area contributed by atoms with Gasteiger partial charge in [-0.15, -0.1) is 15.3 Å². The van der Waals surface area contributed by atoms with Gasteiger partial charge >= 0.3 is 0 Å². The summed E-state index contributed by atoms with van der Waals surface area (Å²) in [7, 11) is 3.66. The predicted octanol–water partition coefficient (Wildman–Crippen LogP) is 1.09. The van der Waals surface area contributed by atoms with Crippen LogP contribution in [0.25, 0.3) is 5.65 Å². The maximum absolute atomic E-state index is 12.6. The molecule has 0 unspecified atom stereocenters. The Balaban J connectivity index is 1.29. The molecule has 3 aromatic heterocycles. The molecule has 0 aromatic carbocycles. The van der Waals surface area contributed by atoms with Gasteiger partial charge < -0.3 is 9.80 Å². The molecule has 9 nitrogen and oxygen atoms in total. The lowest BCUT2D eigenvalue weighted by Gasteiger charge is -2.44. The fraction of sp³-hybridized carbons (Fsp3) is 0.500. The Labute approximate surface area is 156 Å². The van der Waals surface area contributed by atoms with Gasteiger partial charge in [0.2, 0.25) is 0 Å². The van der Waals surface area contributed by atoms with E-state index in [4.69, 9.17) is 5.10 Å². The standard InChI is InChI=1S/C18H22N8O/c1-23-9-13(8-19-23)18(27)24(2)14-10-25(11-14)16-7-6-15-20-21-17(26(15)22-16)12-4-3-5-12/h6-9,12,14H,3-5,10-11H2,1-2H3. The third kappa shape index (κ3) is 2.65. The highest BCUT2D eigenvalue weighted by molar-refractivity contribution is 5.94. The zero-order valence-corrected chi connectivity index (χ0v) is 15.5. The molecule has 1 aliphatic carbocycles. The second-order valence-electron chi connectivity index (χ2n) is 7.53. The van der Waals surface area contributed by atoms with Crippen molar-refractivity contribution in [3.05, 3.63) is 35.9 Å². The van der Waals surface area contributed by atoms with E-state index in [1.54, 1.807) is 22.0 Å². The second-order valence-corrected chi connectivity index (χ2v) is 7.53. The third-order valence-corrected chi connectivity index (χ3v) is 5.75. The van der Waals surface area contributed by atoms with Crippen molar-refractivity contribution in [3.8, 4) is 0 Å². The lowest BCUT2D eigenvalue weighted by molar-refractivity contribution is 0.0705. The molecule has 4 heterocycles. The SMILES string of the molecule is CN(C(=O)c1cnn(C)c1)C1CN(c2ccc3nnc(C4CCC4)n3n2)C1. The third-order valence-electron chi connectivity index (χ3n) is 5.75. The molecule has 9 heteroatoms. The number of likely N-dealkylation sites (N-methyl/N-ethyl adjacent to an activating group) is 1. The summed E-state index contributed by atoms with van der Waals surface area (Å²) in [5.41, 5.74) is 1.41. The minimum absolute atomic E-state index is 0.00207. The molecule has 0 bridgehead atoms. The quantitative estimate of drug-likeness (QED) is 0.687. The van der Waals surface area contributed by atoms with Gasteiger partial charge in [-0.1, -0.05) is 6.42 Å². The number of nitrogens with zero attached hydrogens (tertiary/aromatic N) is 8. The van der Waals surface area contributed by atoms with Crippen LogP contribution < -0.4 is 4.90 Å². The Morgan fingerprint density at radius 3 is 2.70 bits per heavy atom. The Morgan fingerprint density at radius 1 is 1.22 bits per heavy atom. The molecule has 0 N–H and O–H groups in total. The van der Waals surface area contributed by atoms with E-state index in [1.807, 2.05) is 30.7 Å². The molecular weight excluding hydrogens is 344 g/mol. The molecule has 0 atom stereocenters. The molecule has 1 saturated heterocycles. The number of anilines is 1. The van der Waals surface area contributed by atoms with Gasteiger partial charge in [-0.05, 0) is 25.0 Å². The predicted molar refractivity (Wildman–Crippen MR) is 98.7 cm³/mol. The van der Waals surface area contributed by atoms with E-state index in [0.717, 1.165) is 30.4 Å². The monoisotopic (exact) mass is 366 g/mol. The minimum atomic E-state index is 0.00207. The van der Waals surface area contributed by atoms with Crippen molar-refractivity contribution in [1.82, 2.24) is 34.5 Å². The van der Waals surface area contributed by atoms with Crippen LogP contribution in [-0.2, 0) is 7.05 Å². The summed E-state index contributed by atoms with van der Waals surface area (Å²) in [4.78, 5) is 16.5. The Morgan fingerprint density at radius 2 is 2.04 bits per heavy atom. The van der Waals surface area contributed by atoms with Crippen LogP contribution in [0.3, 0.4) is 0 Å². The van der Waals surface area contributed by atoms with Crippen LogP contribution in [0.15, 0.2) is 24.5 Å². The van der Waals surface area contributed by atoms with Crippen molar-refractivity contribution in [2.45, 2.75) is 31.2 Å². The van der Waals surface area contributed by atoms with E-state index in [2.05, 4.69) is 20.2 Å². The lowest BCUT2D eigenvalue weighted by Crippen LogP contribution is -2.60. The van der Waals surface area contributed by atoms with Gasteiger partial charge in [0.1, 0.15) is 5.82 Å². The van der Waals surface area contributed by atoms with E-state index in [0.29, 0.717) is 11.5 Å². The molecule has 1 aliphatic heterocycles. The first-order valence-electron chi connectivity index (χ1n) is 9.33. The van der Waals surface area contributed by atoms with E-state index in [9.17, 15) is 4.79 Å². The number of hydrogen-bond acceptors (Lipinski definition) is 6. The van der Waals surface area contributed by atoms with E-state index < -0.39 is 0 Å². The van der Waals surface area contributed by atoms with Crippen LogP contribution in [0.4, 0.5) is 5.82 Å². The van der Waals surface area contributed by atoms with Crippen molar-refractivity contribution in [1.29, 1.82) is 0 Å². The molecule has 1 saturated carbocycles. The summed E-state index contributed by atoms with van der Waals surface area (Å²) < 4.78 is 3.53. The molecule has 5 rings (SSSR count). The number of hydrogen-bond donors (Lipinski definition) is 0. The van der Waals surface area contributed by atoms with Gasteiger partial charge in [-0.25, -0.2) is 0 Å². The van der Waals surface area contributed by atoms with Crippen molar-refractivity contribution in [3.63, 3.8) is 0 Å². The number of rotatable bonds is 4. The minimum Gasteiger partial charge on any atom is -0.351 e. The fourth-order valence-electron chi connectivity index (χ4n) is 3.67. The zero-order valence-electron chi connectivity index (χ0n) is 15.5. The van der Waals surface area contributed by atoms with Crippen LogP contribution in [0, 0.1) is 0 Å². The van der Waals surface area contributed by atoms with E-state index in [1.165, 1.54) is 19.3 Å². The normalized spacial score (nSPS) is 17.8. The van der Waals surface area contributed by atoms with Crippen LogP contribution in [0.2, 0.25) is 0 Å². The average molecular weight is 366 g/mol. The van der Waals surface area contributed by atoms with Crippen molar-refractivity contribution in [2.75, 3.05) is 25.0 Å². The Kier molecular flexibility index (Phi) is 3.63. The number of carbonyl (C=O) groups excluding carboxylic acids is 1. The molecular formula is C18H22N8O. The van der Waals surface area contributed by atoms with Crippen LogP contribution in [0.1, 0.15) is 41.4 Å². The number of carbonyl (C=O) groups is 1. The molecule has 0 spiro atoms. The van der Waals surface area contributed by atoms with Crippen molar-refractivity contribution in [2.24, 2.45) is 7.05 Å². The number of aryl methyl sites for hydroxylation is 1. The molecule has 2 aliphatic rings. The van der Waals surface area contributed by atoms with Gasteiger partial charge in [-0.3, -0.25) is 9.48 Å². The zero-order chi connectivity index (χ0) is 18.5. The van der Waals surface area contributed by atoms with E-state index >= 15 is 0 Å². The summed E-state index contributed by atoms with van der Waals surface area (Å²) in [6.45, 7) is 1.53. The van der Waals surface area contributed by atoms with Crippen LogP contribution in [-0.4, -0.2) is 66.6 Å². The number of fused-ring (bicyclic) bond motifs is 1. The summed E-state index contributed by atoms with van der Waals surface area (Å²) in [6.07, 6.45) is 6.95. The first-order valence-corrected chi connectivity index (χ1v) is 9.33. The van der Waals surface area contributed by atoms with Gasteiger partial charge in [0, 0.05) is 39.3 Å². The van der Waals surface area contributed by atoms with Gasteiger partial charge in [0.05, 0.1) is 17.8 Å². The molecule has 0 radical (unpaired) electrons. The number of amides is 1. The van der Waals surface area contributed by atoms with Crippen molar-refractivity contribution >= 4 is 17.4 Å². The summed E-state index contributed by atoms with van der Waals surface area (Å²) >= 11 is 0. The first kappa shape index (κ1) is 16.2. The topological polar surface area (TPSA) is 84.5 Å². The second kappa shape index (κ2) is 6.04. The van der Waals surface area contributed by atoms with Crippen LogP contribution >= 0.6 is 0 Å². The summed E-state index contributed by atoms with van der Waals surface area (Å²) in [5.74, 6) is 2.36. The van der Waals surface area contributed by atoms with Gasteiger partial charge in [-0.2, -0.15) is 9.61 Å². The van der Waals surface area contributed by atoms with E-state index in [-0.39, 0.29) is 11.9 Å². The highest BCUT2D eigenvalue weighted by Gasteiger charge is 2.34. The summed E-state index contributed by atoms with van der Waals surface area (Å²) in [6, 6.07) is 4.12. The Bertz CT molecular complexity index is 998. The lowest BCUT2D eigenvalue weighted by atomic mass is 9.85. The first-order chi connectivity index (χ1) is 13.1. The van der Waals surface area contributed by atoms with Crippen molar-refractivity contribution < 1.29 is 4.79 Å². The highest BCUT2D eigenvalue weighted by atomic mass is 16.2. The molecule has 27 heavy (non-hydrogen) atoms. The average Bonchev–Trinajstić information content (AvgIpc) is 3.18. The largest absolute Gasteiger partial charge is 0.351 e. The smallest absolute Gasteiger partial charge is 0.257 e.